The van der Waals surface area contributed by atoms with E-state index in [1.165, 1.54) is 0 Å². The zero-order valence-electron chi connectivity index (χ0n) is 18.2. The zero-order chi connectivity index (χ0) is 22.5. The number of carbonyl (C=O) groups is 2. The van der Waals surface area contributed by atoms with Crippen LogP contribution in [0.5, 0.6) is 0 Å². The first-order chi connectivity index (χ1) is 15.5. The summed E-state index contributed by atoms with van der Waals surface area (Å²) in [6.45, 7) is 0.460. The lowest BCUT2D eigenvalue weighted by molar-refractivity contribution is 0.0723. The lowest BCUT2D eigenvalue weighted by atomic mass is 10.0. The number of H-pyrrole nitrogens is 1. The lowest BCUT2D eigenvalue weighted by Gasteiger charge is -2.29. The fourth-order valence-corrected chi connectivity index (χ4v) is 3.80. The number of nitrogens with one attached hydrogen (secondary N) is 2. The summed E-state index contributed by atoms with van der Waals surface area (Å²) < 4.78 is 1.78. The maximum Gasteiger partial charge on any atom is 0.267 e. The van der Waals surface area contributed by atoms with Crippen molar-refractivity contribution in [2.45, 2.75) is 18.9 Å². The number of benzene rings is 2. The fourth-order valence-electron chi connectivity index (χ4n) is 3.80. The van der Waals surface area contributed by atoms with Crippen LogP contribution in [0.15, 0.2) is 66.9 Å². The Labute approximate surface area is 186 Å². The molecule has 2 N–H and O–H groups in total. The summed E-state index contributed by atoms with van der Waals surface area (Å²) >= 11 is 0. The lowest BCUT2D eigenvalue weighted by Crippen LogP contribution is -2.41. The molecule has 2 aromatic heterocycles. The molecular weight excluding hydrogens is 404 g/mol. The first-order valence-electron chi connectivity index (χ1n) is 10.5. The molecule has 8 nitrogen and oxygen atoms in total. The van der Waals surface area contributed by atoms with E-state index in [0.717, 1.165) is 5.56 Å². The van der Waals surface area contributed by atoms with Crippen molar-refractivity contribution < 1.29 is 9.59 Å². The molecule has 0 aliphatic rings. The van der Waals surface area contributed by atoms with Gasteiger partial charge in [0.05, 0.1) is 0 Å². The Morgan fingerprint density at radius 3 is 2.59 bits per heavy atom. The van der Waals surface area contributed by atoms with E-state index >= 15 is 0 Å². The fraction of sp³-hybridized carbons (Fsp3) is 0.250. The van der Waals surface area contributed by atoms with Crippen LogP contribution in [0.1, 0.15) is 32.8 Å². The molecule has 0 aliphatic carbocycles. The van der Waals surface area contributed by atoms with Crippen molar-refractivity contribution in [1.82, 2.24) is 30.2 Å². The van der Waals surface area contributed by atoms with Crippen LogP contribution in [0.2, 0.25) is 0 Å². The van der Waals surface area contributed by atoms with Gasteiger partial charge in [0, 0.05) is 38.4 Å². The van der Waals surface area contributed by atoms with E-state index in [4.69, 9.17) is 0 Å². The van der Waals surface area contributed by atoms with Crippen LogP contribution in [0.4, 0.5) is 0 Å². The van der Waals surface area contributed by atoms with Crippen LogP contribution < -0.4 is 5.32 Å². The monoisotopic (exact) mass is 430 g/mol. The third-order valence-electron chi connectivity index (χ3n) is 5.68. The summed E-state index contributed by atoms with van der Waals surface area (Å²) in [6.07, 6.45) is 3.15. The summed E-state index contributed by atoms with van der Waals surface area (Å²) in [5.74, 6) is -0.217. The van der Waals surface area contributed by atoms with Gasteiger partial charge in [0.1, 0.15) is 16.7 Å². The van der Waals surface area contributed by atoms with Crippen LogP contribution in [0, 0.1) is 0 Å². The Balaban J connectivity index is 1.48. The Bertz CT molecular complexity index is 1210. The van der Waals surface area contributed by atoms with Gasteiger partial charge in [-0.2, -0.15) is 15.4 Å². The summed E-state index contributed by atoms with van der Waals surface area (Å²) in [5, 5.41) is 13.7. The van der Waals surface area contributed by atoms with E-state index in [0.29, 0.717) is 41.7 Å². The molecule has 164 valence electrons. The quantitative estimate of drug-likeness (QED) is 0.449. The van der Waals surface area contributed by atoms with Crippen molar-refractivity contribution in [1.29, 1.82) is 0 Å². The summed E-state index contributed by atoms with van der Waals surface area (Å²) in [7, 11) is 3.65. The average Bonchev–Trinajstić information content (AvgIpc) is 3.46. The SMILES string of the molecule is CN(C(=O)c1ccc2n[nH]nc2c1)[C@H](CCNC(=O)c1cccn1C)Cc1ccccc1. The number of fused-ring (bicyclic) bond motifs is 1. The molecule has 2 heterocycles. The molecule has 32 heavy (non-hydrogen) atoms. The number of likely N-dealkylation sites (N-methyl/N-ethyl adjacent to an activating group) is 1. The van der Waals surface area contributed by atoms with Crippen molar-refractivity contribution in [2.24, 2.45) is 7.05 Å². The number of hydrogen-bond donors (Lipinski definition) is 2. The van der Waals surface area contributed by atoms with Gasteiger partial charge in [-0.15, -0.1) is 0 Å². The summed E-state index contributed by atoms with van der Waals surface area (Å²) in [4.78, 5) is 27.5. The van der Waals surface area contributed by atoms with Gasteiger partial charge in [-0.05, 0) is 48.7 Å². The summed E-state index contributed by atoms with van der Waals surface area (Å²) in [6, 6.07) is 18.9. The number of aromatic nitrogens is 4. The number of amides is 2. The Kier molecular flexibility index (Phi) is 6.30. The van der Waals surface area contributed by atoms with Gasteiger partial charge >= 0.3 is 0 Å². The second-order valence-electron chi connectivity index (χ2n) is 7.84. The van der Waals surface area contributed by atoms with E-state index in [2.05, 4.69) is 32.9 Å². The molecule has 4 rings (SSSR count). The molecule has 1 atom stereocenters. The van der Waals surface area contributed by atoms with Gasteiger partial charge in [0.2, 0.25) is 0 Å². The molecule has 2 aromatic carbocycles. The molecular formula is C24H26N6O2. The average molecular weight is 431 g/mol. The van der Waals surface area contributed by atoms with Gasteiger partial charge in [0.15, 0.2) is 0 Å². The Morgan fingerprint density at radius 2 is 1.84 bits per heavy atom. The number of carbonyl (C=O) groups excluding carboxylic acids is 2. The molecule has 0 radical (unpaired) electrons. The topological polar surface area (TPSA) is 95.9 Å². The first-order valence-corrected chi connectivity index (χ1v) is 10.5. The van der Waals surface area contributed by atoms with E-state index in [1.807, 2.05) is 44.6 Å². The number of hydrogen-bond acceptors (Lipinski definition) is 4. The van der Waals surface area contributed by atoms with Crippen molar-refractivity contribution in [2.75, 3.05) is 13.6 Å². The minimum Gasteiger partial charge on any atom is -0.351 e. The maximum atomic E-state index is 13.2. The summed E-state index contributed by atoms with van der Waals surface area (Å²) in [5.41, 5.74) is 3.67. The van der Waals surface area contributed by atoms with Crippen molar-refractivity contribution >= 4 is 22.8 Å². The zero-order valence-corrected chi connectivity index (χ0v) is 18.2. The normalized spacial score (nSPS) is 11.9. The number of aryl methyl sites for hydroxylation is 1. The highest BCUT2D eigenvalue weighted by molar-refractivity contribution is 5.97. The molecule has 0 unspecified atom stereocenters. The van der Waals surface area contributed by atoms with Crippen LogP contribution in [-0.2, 0) is 13.5 Å². The minimum atomic E-state index is -0.124. The Morgan fingerprint density at radius 1 is 1.06 bits per heavy atom. The smallest absolute Gasteiger partial charge is 0.267 e. The van der Waals surface area contributed by atoms with Gasteiger partial charge in [-0.3, -0.25) is 9.59 Å². The molecule has 4 aromatic rings. The van der Waals surface area contributed by atoms with Crippen molar-refractivity contribution in [3.63, 3.8) is 0 Å². The minimum absolute atomic E-state index is 0.0911. The molecule has 0 fully saturated rings. The van der Waals surface area contributed by atoms with Gasteiger partial charge in [0.25, 0.3) is 11.8 Å². The third-order valence-corrected chi connectivity index (χ3v) is 5.68. The molecule has 0 saturated carbocycles. The number of nitrogens with zero attached hydrogens (tertiary/aromatic N) is 4. The van der Waals surface area contributed by atoms with Crippen LogP contribution in [-0.4, -0.2) is 56.3 Å². The van der Waals surface area contributed by atoms with Gasteiger partial charge < -0.3 is 14.8 Å². The van der Waals surface area contributed by atoms with Gasteiger partial charge in [-0.25, -0.2) is 0 Å². The van der Waals surface area contributed by atoms with E-state index in [9.17, 15) is 9.59 Å². The molecule has 8 heteroatoms. The first kappa shape index (κ1) is 21.3. The van der Waals surface area contributed by atoms with Gasteiger partial charge in [-0.1, -0.05) is 30.3 Å². The predicted octanol–water partition coefficient (Wildman–Crippen LogP) is 2.80. The molecule has 0 saturated heterocycles. The van der Waals surface area contributed by atoms with Crippen molar-refractivity contribution in [3.8, 4) is 0 Å². The van der Waals surface area contributed by atoms with Crippen LogP contribution >= 0.6 is 0 Å². The Hall–Kier alpha value is -3.94. The third kappa shape index (κ3) is 4.69. The second kappa shape index (κ2) is 9.47. The highest BCUT2D eigenvalue weighted by atomic mass is 16.2. The predicted molar refractivity (Wildman–Crippen MR) is 122 cm³/mol. The second-order valence-corrected chi connectivity index (χ2v) is 7.84. The highest BCUT2D eigenvalue weighted by Gasteiger charge is 2.22. The standard InChI is InChI=1S/C24H26N6O2/c1-29-14-6-9-22(29)23(31)25-13-12-19(15-17-7-4-3-5-8-17)30(2)24(32)18-10-11-20-21(16-18)27-28-26-20/h3-11,14,16,19H,12-13,15H2,1-2H3,(H,25,31)(H,26,27,28)/t19-/m1/s1. The molecule has 0 spiro atoms. The van der Waals surface area contributed by atoms with E-state index < -0.39 is 0 Å². The molecule has 2 amide bonds. The van der Waals surface area contributed by atoms with Crippen LogP contribution in [0.3, 0.4) is 0 Å². The molecule has 0 bridgehead atoms. The number of rotatable bonds is 8. The maximum absolute atomic E-state index is 13.2. The van der Waals surface area contributed by atoms with Crippen molar-refractivity contribution in [3.05, 3.63) is 83.7 Å². The van der Waals surface area contributed by atoms with Crippen LogP contribution in [0.25, 0.3) is 11.0 Å². The van der Waals surface area contributed by atoms with E-state index in [1.54, 1.807) is 33.7 Å². The highest BCUT2D eigenvalue weighted by Crippen LogP contribution is 2.17. The molecule has 0 aliphatic heterocycles. The largest absolute Gasteiger partial charge is 0.351 e. The van der Waals surface area contributed by atoms with E-state index in [-0.39, 0.29) is 17.9 Å². The number of aromatic amines is 1.